The van der Waals surface area contributed by atoms with Crippen molar-refractivity contribution >= 4 is 22.8 Å². The third-order valence-electron chi connectivity index (χ3n) is 5.10. The van der Waals surface area contributed by atoms with E-state index < -0.39 is 0 Å². The normalized spacial score (nSPS) is 14.6. The molecule has 0 spiro atoms. The highest BCUT2D eigenvalue weighted by Crippen LogP contribution is 2.16. The minimum atomic E-state index is -0.126. The zero-order chi connectivity index (χ0) is 19.5. The molecule has 0 aliphatic carbocycles. The molecular weight excluding hydrogens is 358 g/mol. The number of amides is 1. The van der Waals surface area contributed by atoms with Crippen molar-refractivity contribution in [1.82, 2.24) is 20.1 Å². The lowest BCUT2D eigenvalue weighted by Gasteiger charge is -2.33. The summed E-state index contributed by atoms with van der Waals surface area (Å²) in [6, 6.07) is 10.0. The Morgan fingerprint density at radius 3 is 2.71 bits per heavy atom. The number of fused-ring (bicyclic) bond motifs is 1. The van der Waals surface area contributed by atoms with E-state index in [4.69, 9.17) is 4.42 Å². The molecule has 1 N–H and O–H groups in total. The molecule has 2 aromatic heterocycles. The largest absolute Gasteiger partial charge is 0.408 e. The van der Waals surface area contributed by atoms with Gasteiger partial charge in [0, 0.05) is 50.1 Å². The fourth-order valence-corrected chi connectivity index (χ4v) is 3.44. The highest BCUT2D eigenvalue weighted by molar-refractivity contribution is 5.79. The quantitative estimate of drug-likeness (QED) is 0.724. The summed E-state index contributed by atoms with van der Waals surface area (Å²) < 4.78 is 5.58. The lowest BCUT2D eigenvalue weighted by molar-refractivity contribution is -0.131. The number of hydrogen-bond donors (Lipinski definition) is 1. The van der Waals surface area contributed by atoms with Crippen LogP contribution in [-0.2, 0) is 17.6 Å². The third kappa shape index (κ3) is 3.76. The number of aromatic amines is 1. The van der Waals surface area contributed by atoms with Crippen molar-refractivity contribution in [1.29, 1.82) is 0 Å². The fourth-order valence-electron chi connectivity index (χ4n) is 3.44. The van der Waals surface area contributed by atoms with Crippen molar-refractivity contribution in [3.8, 4) is 0 Å². The van der Waals surface area contributed by atoms with Crippen LogP contribution in [0.3, 0.4) is 0 Å². The number of pyridine rings is 1. The van der Waals surface area contributed by atoms with E-state index in [1.54, 1.807) is 0 Å². The van der Waals surface area contributed by atoms with Crippen LogP contribution < -0.4 is 10.5 Å². The summed E-state index contributed by atoms with van der Waals surface area (Å²) in [5, 5.41) is 9.02. The zero-order valence-electron chi connectivity index (χ0n) is 15.9. The van der Waals surface area contributed by atoms with Crippen LogP contribution in [0.25, 0.3) is 10.9 Å². The van der Waals surface area contributed by atoms with Crippen molar-refractivity contribution in [2.24, 2.45) is 0 Å². The number of carbonyl (C=O) groups excluding carboxylic acids is 1. The number of para-hydroxylation sites is 1. The summed E-state index contributed by atoms with van der Waals surface area (Å²) in [7, 11) is 0. The lowest BCUT2D eigenvalue weighted by Crippen LogP contribution is -2.49. The molecule has 0 atom stereocenters. The third-order valence-corrected chi connectivity index (χ3v) is 5.10. The van der Waals surface area contributed by atoms with Gasteiger partial charge in [-0.1, -0.05) is 30.2 Å². The number of carbonyl (C=O) groups is 1. The number of anilines is 1. The second-order valence-corrected chi connectivity index (χ2v) is 6.91. The van der Waals surface area contributed by atoms with Crippen molar-refractivity contribution < 1.29 is 9.21 Å². The molecule has 8 heteroatoms. The van der Waals surface area contributed by atoms with Gasteiger partial charge in [0.2, 0.25) is 11.8 Å². The summed E-state index contributed by atoms with van der Waals surface area (Å²) in [6.45, 7) is 4.50. The Bertz CT molecular complexity index is 1030. The van der Waals surface area contributed by atoms with Gasteiger partial charge in [0.1, 0.15) is 0 Å². The van der Waals surface area contributed by atoms with Crippen LogP contribution in [0.15, 0.2) is 39.5 Å². The van der Waals surface area contributed by atoms with Gasteiger partial charge in [-0.05, 0) is 23.9 Å². The van der Waals surface area contributed by atoms with Gasteiger partial charge in [0.15, 0.2) is 0 Å². The number of aromatic nitrogens is 3. The number of nitrogens with zero attached hydrogens (tertiary/aromatic N) is 4. The van der Waals surface area contributed by atoms with Gasteiger partial charge in [-0.15, -0.1) is 5.10 Å². The Morgan fingerprint density at radius 1 is 1.18 bits per heavy atom. The molecule has 1 amide bonds. The average Bonchev–Trinajstić information content (AvgIpc) is 3.21. The highest BCUT2D eigenvalue weighted by atomic mass is 16.4. The number of H-pyrrole nitrogens is 1. The molecule has 1 saturated heterocycles. The first-order valence-electron chi connectivity index (χ1n) is 9.60. The predicted molar refractivity (Wildman–Crippen MR) is 105 cm³/mol. The van der Waals surface area contributed by atoms with Gasteiger partial charge >= 0.3 is 6.01 Å². The molecule has 0 radical (unpaired) electrons. The lowest BCUT2D eigenvalue weighted by atomic mass is 10.1. The summed E-state index contributed by atoms with van der Waals surface area (Å²) in [4.78, 5) is 31.5. The van der Waals surface area contributed by atoms with Crippen LogP contribution >= 0.6 is 0 Å². The molecule has 3 heterocycles. The monoisotopic (exact) mass is 381 g/mol. The SMILES string of the molecule is CCc1nnc(N2CCN(C(=O)CCc3cc4ccccc4[nH]c3=O)CC2)o1. The van der Waals surface area contributed by atoms with Gasteiger partial charge in [0.25, 0.3) is 5.56 Å². The van der Waals surface area contributed by atoms with Crippen LogP contribution in [0.2, 0.25) is 0 Å². The first kappa shape index (κ1) is 18.2. The standard InChI is InChI=1S/C20H23N5O3/c1-2-17-22-23-20(28-17)25-11-9-24(10-12-25)18(26)8-7-15-13-14-5-3-4-6-16(14)21-19(15)27/h3-6,13H,2,7-12H2,1H3,(H,21,27). The maximum atomic E-state index is 12.6. The minimum absolute atomic E-state index is 0.0620. The second-order valence-electron chi connectivity index (χ2n) is 6.91. The Hall–Kier alpha value is -3.16. The van der Waals surface area contributed by atoms with E-state index in [1.165, 1.54) is 0 Å². The van der Waals surface area contributed by atoms with E-state index in [2.05, 4.69) is 15.2 Å². The zero-order valence-corrected chi connectivity index (χ0v) is 15.9. The summed E-state index contributed by atoms with van der Waals surface area (Å²) in [5.41, 5.74) is 1.33. The van der Waals surface area contributed by atoms with Crippen LogP contribution in [0.4, 0.5) is 6.01 Å². The van der Waals surface area contributed by atoms with Gasteiger partial charge in [-0.25, -0.2) is 0 Å². The Labute approximate surface area is 162 Å². The van der Waals surface area contributed by atoms with Crippen LogP contribution in [-0.4, -0.2) is 52.2 Å². The van der Waals surface area contributed by atoms with E-state index in [9.17, 15) is 9.59 Å². The van der Waals surface area contributed by atoms with Gasteiger partial charge < -0.3 is 19.2 Å². The number of nitrogens with one attached hydrogen (secondary N) is 1. The van der Waals surface area contributed by atoms with Crippen molar-refractivity contribution in [2.45, 2.75) is 26.2 Å². The van der Waals surface area contributed by atoms with E-state index in [1.807, 2.05) is 47.1 Å². The van der Waals surface area contributed by atoms with Crippen LogP contribution in [0.5, 0.6) is 0 Å². The molecule has 1 aliphatic rings. The van der Waals surface area contributed by atoms with Crippen molar-refractivity contribution in [3.63, 3.8) is 0 Å². The summed E-state index contributed by atoms with van der Waals surface area (Å²) in [6.07, 6.45) is 1.46. The summed E-state index contributed by atoms with van der Waals surface area (Å²) in [5.74, 6) is 0.682. The average molecular weight is 381 g/mol. The molecule has 1 fully saturated rings. The molecule has 1 aromatic carbocycles. The van der Waals surface area contributed by atoms with Crippen LogP contribution in [0.1, 0.15) is 24.8 Å². The second kappa shape index (κ2) is 7.84. The Kier molecular flexibility index (Phi) is 5.10. The number of benzene rings is 1. The highest BCUT2D eigenvalue weighted by Gasteiger charge is 2.24. The van der Waals surface area contributed by atoms with Crippen molar-refractivity contribution in [3.05, 3.63) is 52.1 Å². The first-order chi connectivity index (χ1) is 13.6. The van der Waals surface area contributed by atoms with E-state index >= 15 is 0 Å². The molecule has 4 rings (SSSR count). The Morgan fingerprint density at radius 2 is 1.96 bits per heavy atom. The molecule has 3 aromatic rings. The Balaban J connectivity index is 1.34. The molecule has 8 nitrogen and oxygen atoms in total. The molecule has 1 aliphatic heterocycles. The minimum Gasteiger partial charge on any atom is -0.408 e. The number of piperazine rings is 1. The molecule has 0 bridgehead atoms. The van der Waals surface area contributed by atoms with Gasteiger partial charge in [-0.3, -0.25) is 9.59 Å². The smallest absolute Gasteiger partial charge is 0.318 e. The first-order valence-corrected chi connectivity index (χ1v) is 9.60. The van der Waals surface area contributed by atoms with E-state index in [0.717, 1.165) is 10.9 Å². The van der Waals surface area contributed by atoms with Crippen molar-refractivity contribution in [2.75, 3.05) is 31.1 Å². The number of aryl methyl sites for hydroxylation is 2. The maximum Gasteiger partial charge on any atom is 0.318 e. The molecule has 0 saturated carbocycles. The summed E-state index contributed by atoms with van der Waals surface area (Å²) >= 11 is 0. The number of rotatable bonds is 5. The van der Waals surface area contributed by atoms with Gasteiger partial charge in [-0.2, -0.15) is 0 Å². The molecule has 146 valence electrons. The van der Waals surface area contributed by atoms with Crippen LogP contribution in [0, 0.1) is 0 Å². The topological polar surface area (TPSA) is 95.3 Å². The maximum absolute atomic E-state index is 12.6. The number of hydrogen-bond acceptors (Lipinski definition) is 6. The van der Waals surface area contributed by atoms with E-state index in [-0.39, 0.29) is 11.5 Å². The fraction of sp³-hybridized carbons (Fsp3) is 0.400. The molecule has 28 heavy (non-hydrogen) atoms. The molecular formula is C20H23N5O3. The van der Waals surface area contributed by atoms with E-state index in [0.29, 0.717) is 62.9 Å². The molecule has 0 unspecified atom stereocenters. The van der Waals surface area contributed by atoms with Gasteiger partial charge in [0.05, 0.1) is 0 Å². The predicted octanol–water partition coefficient (Wildman–Crippen LogP) is 1.75.